The van der Waals surface area contributed by atoms with Crippen molar-refractivity contribution in [2.75, 3.05) is 45.0 Å². The fourth-order valence-corrected chi connectivity index (χ4v) is 3.67. The lowest BCUT2D eigenvalue weighted by atomic mass is 10.1. The van der Waals surface area contributed by atoms with Gasteiger partial charge in [-0.2, -0.15) is 4.98 Å². The van der Waals surface area contributed by atoms with Gasteiger partial charge in [0.05, 0.1) is 13.7 Å². The minimum absolute atomic E-state index is 0.0964. The van der Waals surface area contributed by atoms with Gasteiger partial charge >= 0.3 is 6.09 Å². The van der Waals surface area contributed by atoms with Crippen LogP contribution < -0.4 is 25.0 Å². The first-order chi connectivity index (χ1) is 17.5. The van der Waals surface area contributed by atoms with Crippen LogP contribution in [0.1, 0.15) is 17.7 Å². The van der Waals surface area contributed by atoms with E-state index in [0.29, 0.717) is 44.2 Å². The number of benzene rings is 1. The number of rotatable bonds is 11. The number of aromatic nitrogens is 4. The molecule has 0 saturated carbocycles. The molecule has 3 aromatic rings. The van der Waals surface area contributed by atoms with E-state index < -0.39 is 6.09 Å². The van der Waals surface area contributed by atoms with Crippen LogP contribution in [-0.2, 0) is 16.0 Å². The van der Waals surface area contributed by atoms with Gasteiger partial charge in [-0.1, -0.05) is 6.07 Å². The third kappa shape index (κ3) is 6.62. The van der Waals surface area contributed by atoms with Gasteiger partial charge in [-0.15, -0.1) is 0 Å². The number of carbonyl (C=O) groups is 2. The zero-order valence-corrected chi connectivity index (χ0v) is 20.3. The van der Waals surface area contributed by atoms with Crippen molar-refractivity contribution in [3.8, 4) is 17.4 Å². The topological polar surface area (TPSA) is 133 Å². The number of imidazole rings is 1. The van der Waals surface area contributed by atoms with E-state index in [4.69, 9.17) is 9.47 Å². The quantitative estimate of drug-likeness (QED) is 0.381. The largest absolute Gasteiger partial charge is 0.454 e. The Morgan fingerprint density at radius 2 is 2.00 bits per heavy atom. The Balaban J connectivity index is 1.39. The molecule has 1 aliphatic heterocycles. The lowest BCUT2D eigenvalue weighted by molar-refractivity contribution is -0.119. The molecule has 0 fully saturated rings. The maximum atomic E-state index is 12.8. The molecule has 190 valence electrons. The molecule has 0 radical (unpaired) electrons. The molecular weight excluding hydrogens is 466 g/mol. The average Bonchev–Trinajstić information content (AvgIpc) is 3.57. The maximum Gasteiger partial charge on any atom is 0.406 e. The number of hydrogen-bond donors (Lipinski definition) is 2. The van der Waals surface area contributed by atoms with Gasteiger partial charge in [-0.3, -0.25) is 9.36 Å². The summed E-state index contributed by atoms with van der Waals surface area (Å²) in [4.78, 5) is 39.2. The summed E-state index contributed by atoms with van der Waals surface area (Å²) in [5.41, 5.74) is 1.80. The summed E-state index contributed by atoms with van der Waals surface area (Å²) < 4.78 is 17.1. The number of nitrogens with zero attached hydrogens (tertiary/aromatic N) is 5. The van der Waals surface area contributed by atoms with Crippen LogP contribution in [0.25, 0.3) is 5.95 Å². The summed E-state index contributed by atoms with van der Waals surface area (Å²) in [6.45, 7) is 3.55. The molecule has 36 heavy (non-hydrogen) atoms. The Morgan fingerprint density at radius 1 is 1.14 bits per heavy atom. The Bertz CT molecular complexity index is 1190. The normalized spacial score (nSPS) is 11.7. The van der Waals surface area contributed by atoms with E-state index in [0.717, 1.165) is 22.8 Å². The highest BCUT2D eigenvalue weighted by Gasteiger charge is 2.16. The fraction of sp³-hybridized carbons (Fsp3) is 0.375. The minimum atomic E-state index is -0.497. The lowest BCUT2D eigenvalue weighted by Gasteiger charge is -2.24. The third-order valence-corrected chi connectivity index (χ3v) is 5.46. The number of fused-ring (bicyclic) bond motifs is 1. The van der Waals surface area contributed by atoms with Crippen molar-refractivity contribution < 1.29 is 23.8 Å². The molecule has 2 N–H and O–H groups in total. The second kappa shape index (κ2) is 11.9. The Kier molecular flexibility index (Phi) is 8.16. The zero-order chi connectivity index (χ0) is 25.3. The second-order valence-electron chi connectivity index (χ2n) is 8.12. The van der Waals surface area contributed by atoms with Crippen molar-refractivity contribution >= 4 is 17.8 Å². The number of ether oxygens (including phenoxy) is 3. The van der Waals surface area contributed by atoms with Crippen LogP contribution in [-0.4, -0.2) is 71.6 Å². The Morgan fingerprint density at radius 3 is 2.81 bits per heavy atom. The van der Waals surface area contributed by atoms with Crippen LogP contribution in [0.4, 0.5) is 10.6 Å². The Hall–Kier alpha value is -4.35. The van der Waals surface area contributed by atoms with Crippen molar-refractivity contribution in [2.45, 2.75) is 19.8 Å². The van der Waals surface area contributed by atoms with Gasteiger partial charge in [0.25, 0.3) is 0 Å². The summed E-state index contributed by atoms with van der Waals surface area (Å²) in [7, 11) is 1.32. The van der Waals surface area contributed by atoms with Crippen molar-refractivity contribution in [3.05, 3.63) is 54.2 Å². The van der Waals surface area contributed by atoms with Gasteiger partial charge in [0.1, 0.15) is 12.1 Å². The summed E-state index contributed by atoms with van der Waals surface area (Å²) in [6, 6.07) is 7.59. The molecule has 0 bridgehead atoms. The number of anilines is 1. The first kappa shape index (κ1) is 24.8. The molecule has 12 nitrogen and oxygen atoms in total. The first-order valence-electron chi connectivity index (χ1n) is 11.6. The number of amides is 2. The van der Waals surface area contributed by atoms with Crippen LogP contribution in [0.5, 0.6) is 11.5 Å². The zero-order valence-electron chi connectivity index (χ0n) is 20.3. The van der Waals surface area contributed by atoms with Gasteiger partial charge in [0.2, 0.25) is 18.6 Å². The van der Waals surface area contributed by atoms with E-state index in [1.807, 2.05) is 36.1 Å². The smallest absolute Gasteiger partial charge is 0.406 e. The molecule has 0 spiro atoms. The number of hydrogen-bond acceptors (Lipinski definition) is 9. The van der Waals surface area contributed by atoms with Crippen molar-refractivity contribution in [1.82, 2.24) is 30.2 Å². The molecule has 0 unspecified atom stereocenters. The van der Waals surface area contributed by atoms with Crippen molar-refractivity contribution in [3.63, 3.8) is 0 Å². The highest BCUT2D eigenvalue weighted by atomic mass is 16.7. The van der Waals surface area contributed by atoms with E-state index >= 15 is 0 Å². The van der Waals surface area contributed by atoms with Crippen molar-refractivity contribution in [1.29, 1.82) is 0 Å². The van der Waals surface area contributed by atoms with Gasteiger partial charge < -0.3 is 29.7 Å². The first-order valence-corrected chi connectivity index (χ1v) is 11.6. The van der Waals surface area contributed by atoms with Gasteiger partial charge in [-0.05, 0) is 37.5 Å². The number of aryl methyl sites for hydroxylation is 1. The monoisotopic (exact) mass is 495 g/mol. The molecule has 4 rings (SSSR count). The molecule has 12 heteroatoms. The van der Waals surface area contributed by atoms with E-state index in [1.165, 1.54) is 7.11 Å². The molecule has 1 aliphatic rings. The minimum Gasteiger partial charge on any atom is -0.454 e. The van der Waals surface area contributed by atoms with E-state index in [1.54, 1.807) is 23.3 Å². The van der Waals surface area contributed by atoms with E-state index in [9.17, 15) is 9.59 Å². The molecule has 1 aromatic carbocycles. The van der Waals surface area contributed by atoms with Crippen LogP contribution >= 0.6 is 0 Å². The molecule has 2 amide bonds. The average molecular weight is 496 g/mol. The van der Waals surface area contributed by atoms with Gasteiger partial charge in [0, 0.05) is 43.8 Å². The number of methoxy groups -OCH3 is 1. The summed E-state index contributed by atoms with van der Waals surface area (Å²) in [5.74, 6) is 2.38. The summed E-state index contributed by atoms with van der Waals surface area (Å²) in [5, 5.41) is 5.63. The SMILES string of the molecule is COC(=O)NCCCN(CC(=O)NCCc1ccc2c(c1)OCO2)c1cc(C)nc(-n2ccnc2)n1. The number of alkyl carbamates (subject to hydrolysis) is 1. The number of nitrogens with one attached hydrogen (secondary N) is 2. The lowest BCUT2D eigenvalue weighted by Crippen LogP contribution is -2.40. The van der Waals surface area contributed by atoms with Crippen LogP contribution in [0.3, 0.4) is 0 Å². The molecule has 3 heterocycles. The second-order valence-corrected chi connectivity index (χ2v) is 8.12. The predicted molar refractivity (Wildman–Crippen MR) is 130 cm³/mol. The molecule has 0 aliphatic carbocycles. The van der Waals surface area contributed by atoms with Gasteiger partial charge in [-0.25, -0.2) is 14.8 Å². The van der Waals surface area contributed by atoms with Crippen LogP contribution in [0.15, 0.2) is 43.0 Å². The molecule has 2 aromatic heterocycles. The van der Waals surface area contributed by atoms with Crippen LogP contribution in [0.2, 0.25) is 0 Å². The molecular formula is C24H29N7O5. The van der Waals surface area contributed by atoms with Crippen LogP contribution in [0, 0.1) is 6.92 Å². The molecule has 0 atom stereocenters. The Labute approximate surface area is 208 Å². The third-order valence-electron chi connectivity index (χ3n) is 5.46. The summed E-state index contributed by atoms with van der Waals surface area (Å²) in [6.07, 6.45) is 5.77. The predicted octanol–water partition coefficient (Wildman–Crippen LogP) is 1.61. The highest BCUT2D eigenvalue weighted by Crippen LogP contribution is 2.32. The van der Waals surface area contributed by atoms with E-state index in [2.05, 4.69) is 30.3 Å². The fourth-order valence-electron chi connectivity index (χ4n) is 3.67. The highest BCUT2D eigenvalue weighted by molar-refractivity contribution is 5.81. The van der Waals surface area contributed by atoms with E-state index in [-0.39, 0.29) is 19.2 Å². The molecule has 0 saturated heterocycles. The standard InChI is InChI=1S/C24H29N7O5/c1-17-12-21(29-23(28-17)31-11-9-25-15-31)30(10-3-7-27-24(33)34-2)14-22(32)26-8-6-18-4-5-19-20(13-18)36-16-35-19/h4-5,9,11-13,15H,3,6-8,10,14,16H2,1-2H3,(H,26,32)(H,27,33). The summed E-state index contributed by atoms with van der Waals surface area (Å²) >= 11 is 0. The maximum absolute atomic E-state index is 12.8. The van der Waals surface area contributed by atoms with Crippen molar-refractivity contribution in [2.24, 2.45) is 0 Å². The number of carbonyl (C=O) groups excluding carboxylic acids is 2. The van der Waals surface area contributed by atoms with Gasteiger partial charge in [0.15, 0.2) is 11.5 Å².